The molecule has 0 radical (unpaired) electrons. The van der Waals surface area contributed by atoms with E-state index in [2.05, 4.69) is 4.90 Å². The van der Waals surface area contributed by atoms with Gasteiger partial charge in [0.2, 0.25) is 5.91 Å². The summed E-state index contributed by atoms with van der Waals surface area (Å²) in [5.41, 5.74) is 7.59. The Morgan fingerprint density at radius 3 is 2.88 bits per heavy atom. The fourth-order valence-electron chi connectivity index (χ4n) is 3.12. The minimum absolute atomic E-state index is 0.175. The number of ether oxygens (including phenoxy) is 1. The second kappa shape index (κ2) is 7.69. The average Bonchev–Trinajstić information content (AvgIpc) is 3.03. The van der Waals surface area contributed by atoms with Crippen LogP contribution in [0.1, 0.15) is 24.0 Å². The van der Waals surface area contributed by atoms with Crippen LogP contribution in [0.5, 0.6) is 5.75 Å². The maximum atomic E-state index is 11.6. The van der Waals surface area contributed by atoms with Gasteiger partial charge in [-0.05, 0) is 43.1 Å². The summed E-state index contributed by atoms with van der Waals surface area (Å²) in [5, 5.41) is 0.700. The molecule has 1 aliphatic rings. The lowest BCUT2D eigenvalue weighted by atomic mass is 10.1. The molecule has 0 unspecified atom stereocenters. The van der Waals surface area contributed by atoms with Crippen LogP contribution in [-0.2, 0) is 17.9 Å². The molecule has 0 spiro atoms. The van der Waals surface area contributed by atoms with Crippen LogP contribution in [0.3, 0.4) is 0 Å². The number of hydrogen-bond donors (Lipinski definition) is 1. The minimum Gasteiger partial charge on any atom is -0.489 e. The second-order valence-electron chi connectivity index (χ2n) is 6.06. The van der Waals surface area contributed by atoms with Gasteiger partial charge in [0.05, 0.1) is 6.04 Å². The standard InChI is InChI=1S/C19H21ClN2O2/c20-16-7-3-5-14(11-16)13-24-18-9-2-1-6-15(18)12-22-10-4-8-17(22)19(21)23/h1-3,5-7,9,11,17H,4,8,10,12-13H2,(H2,21,23)/t17-/m0/s1. The first kappa shape index (κ1) is 16.8. The summed E-state index contributed by atoms with van der Waals surface area (Å²) >= 11 is 6.01. The van der Waals surface area contributed by atoms with Gasteiger partial charge in [0.1, 0.15) is 12.4 Å². The molecule has 1 atom stereocenters. The van der Waals surface area contributed by atoms with E-state index >= 15 is 0 Å². The summed E-state index contributed by atoms with van der Waals surface area (Å²) in [6, 6.07) is 15.4. The molecule has 1 fully saturated rings. The monoisotopic (exact) mass is 344 g/mol. The number of carbonyl (C=O) groups is 1. The van der Waals surface area contributed by atoms with Crippen molar-refractivity contribution >= 4 is 17.5 Å². The lowest BCUT2D eigenvalue weighted by Gasteiger charge is -2.23. The number of nitrogens with two attached hydrogens (primary N) is 1. The predicted octanol–water partition coefficient (Wildman–Crippen LogP) is 3.37. The first-order valence-corrected chi connectivity index (χ1v) is 8.50. The summed E-state index contributed by atoms with van der Waals surface area (Å²) in [5.74, 6) is 0.581. The first-order valence-electron chi connectivity index (χ1n) is 8.12. The Morgan fingerprint density at radius 2 is 2.08 bits per heavy atom. The summed E-state index contributed by atoms with van der Waals surface area (Å²) in [4.78, 5) is 13.7. The van der Waals surface area contributed by atoms with E-state index < -0.39 is 0 Å². The van der Waals surface area contributed by atoms with Crippen LogP contribution < -0.4 is 10.5 Å². The van der Waals surface area contributed by atoms with Crippen molar-refractivity contribution in [3.05, 3.63) is 64.7 Å². The van der Waals surface area contributed by atoms with Crippen LogP contribution >= 0.6 is 11.6 Å². The van der Waals surface area contributed by atoms with Crippen LogP contribution in [0.15, 0.2) is 48.5 Å². The molecule has 2 N–H and O–H groups in total. The molecule has 0 saturated carbocycles. The average molecular weight is 345 g/mol. The number of carbonyl (C=O) groups excluding carboxylic acids is 1. The Kier molecular flexibility index (Phi) is 5.38. The zero-order chi connectivity index (χ0) is 16.9. The van der Waals surface area contributed by atoms with Gasteiger partial charge in [-0.2, -0.15) is 0 Å². The van der Waals surface area contributed by atoms with Crippen LogP contribution in [0.2, 0.25) is 5.02 Å². The van der Waals surface area contributed by atoms with Gasteiger partial charge in [0.15, 0.2) is 0 Å². The lowest BCUT2D eigenvalue weighted by Crippen LogP contribution is -2.39. The molecule has 0 aliphatic carbocycles. The number of para-hydroxylation sites is 1. The maximum Gasteiger partial charge on any atom is 0.234 e. The van der Waals surface area contributed by atoms with Crippen molar-refractivity contribution < 1.29 is 9.53 Å². The molecule has 1 amide bonds. The molecule has 2 aromatic rings. The van der Waals surface area contributed by atoms with Crippen molar-refractivity contribution in [3.63, 3.8) is 0 Å². The molecule has 1 heterocycles. The lowest BCUT2D eigenvalue weighted by molar-refractivity contribution is -0.122. The highest BCUT2D eigenvalue weighted by molar-refractivity contribution is 6.30. The van der Waals surface area contributed by atoms with Gasteiger partial charge in [-0.1, -0.05) is 41.9 Å². The van der Waals surface area contributed by atoms with Crippen LogP contribution in [0.25, 0.3) is 0 Å². The van der Waals surface area contributed by atoms with Gasteiger partial charge >= 0.3 is 0 Å². The zero-order valence-corrected chi connectivity index (χ0v) is 14.2. The second-order valence-corrected chi connectivity index (χ2v) is 6.49. The summed E-state index contributed by atoms with van der Waals surface area (Å²) in [6.07, 6.45) is 1.83. The number of benzene rings is 2. The molecule has 0 bridgehead atoms. The van der Waals surface area contributed by atoms with Crippen molar-refractivity contribution in [2.75, 3.05) is 6.54 Å². The summed E-state index contributed by atoms with van der Waals surface area (Å²) < 4.78 is 5.98. The summed E-state index contributed by atoms with van der Waals surface area (Å²) in [6.45, 7) is 2.01. The molecule has 5 heteroatoms. The molecule has 1 saturated heterocycles. The van der Waals surface area contributed by atoms with Crippen molar-refractivity contribution in [3.8, 4) is 5.75 Å². The Bertz CT molecular complexity index is 720. The molecule has 3 rings (SSSR count). The van der Waals surface area contributed by atoms with E-state index in [1.54, 1.807) is 0 Å². The van der Waals surface area contributed by atoms with E-state index in [-0.39, 0.29) is 11.9 Å². The number of rotatable bonds is 6. The Morgan fingerprint density at radius 1 is 1.25 bits per heavy atom. The molecule has 1 aliphatic heterocycles. The van der Waals surface area contributed by atoms with Crippen molar-refractivity contribution in [1.82, 2.24) is 4.90 Å². The normalized spacial score (nSPS) is 17.8. The number of amides is 1. The Labute approximate surface area is 147 Å². The van der Waals surface area contributed by atoms with Crippen molar-refractivity contribution in [1.29, 1.82) is 0 Å². The predicted molar refractivity (Wildman–Crippen MR) is 94.9 cm³/mol. The van der Waals surface area contributed by atoms with E-state index in [0.29, 0.717) is 18.2 Å². The highest BCUT2D eigenvalue weighted by Crippen LogP contribution is 2.26. The highest BCUT2D eigenvalue weighted by atomic mass is 35.5. The van der Waals surface area contributed by atoms with E-state index in [1.165, 1.54) is 0 Å². The van der Waals surface area contributed by atoms with E-state index in [9.17, 15) is 4.79 Å². The SMILES string of the molecule is NC(=O)[C@@H]1CCCN1Cc1ccccc1OCc1cccc(Cl)c1. The number of halogens is 1. The molecule has 4 nitrogen and oxygen atoms in total. The number of primary amides is 1. The molecule has 126 valence electrons. The van der Waals surface area contributed by atoms with Crippen molar-refractivity contribution in [2.24, 2.45) is 5.73 Å². The number of likely N-dealkylation sites (tertiary alicyclic amines) is 1. The number of hydrogen-bond acceptors (Lipinski definition) is 3. The van der Waals surface area contributed by atoms with Crippen LogP contribution in [0, 0.1) is 0 Å². The molecular weight excluding hydrogens is 324 g/mol. The number of nitrogens with zero attached hydrogens (tertiary/aromatic N) is 1. The molecule has 24 heavy (non-hydrogen) atoms. The van der Waals surface area contributed by atoms with Gasteiger partial charge < -0.3 is 10.5 Å². The Balaban J connectivity index is 1.70. The van der Waals surface area contributed by atoms with Crippen LogP contribution in [0.4, 0.5) is 0 Å². The van der Waals surface area contributed by atoms with Crippen molar-refractivity contribution in [2.45, 2.75) is 32.0 Å². The third-order valence-corrected chi connectivity index (χ3v) is 4.56. The van der Waals surface area contributed by atoms with Gasteiger partial charge in [-0.15, -0.1) is 0 Å². The molecule has 0 aromatic heterocycles. The van der Waals surface area contributed by atoms with Gasteiger partial charge in [0, 0.05) is 17.1 Å². The third kappa shape index (κ3) is 4.08. The minimum atomic E-state index is -0.246. The van der Waals surface area contributed by atoms with Gasteiger partial charge in [-0.25, -0.2) is 0 Å². The smallest absolute Gasteiger partial charge is 0.234 e. The van der Waals surface area contributed by atoms with Gasteiger partial charge in [-0.3, -0.25) is 9.69 Å². The maximum absolute atomic E-state index is 11.6. The quantitative estimate of drug-likeness (QED) is 0.874. The largest absolute Gasteiger partial charge is 0.489 e. The molecular formula is C19H21ClN2O2. The third-order valence-electron chi connectivity index (χ3n) is 4.32. The fraction of sp³-hybridized carbons (Fsp3) is 0.316. The van der Waals surface area contributed by atoms with Gasteiger partial charge in [0.25, 0.3) is 0 Å². The fourth-order valence-corrected chi connectivity index (χ4v) is 3.33. The molecule has 2 aromatic carbocycles. The highest BCUT2D eigenvalue weighted by Gasteiger charge is 2.29. The Hall–Kier alpha value is -2.04. The van der Waals surface area contributed by atoms with E-state index in [4.69, 9.17) is 22.1 Å². The summed E-state index contributed by atoms with van der Waals surface area (Å²) in [7, 11) is 0. The van der Waals surface area contributed by atoms with E-state index in [0.717, 1.165) is 36.3 Å². The van der Waals surface area contributed by atoms with E-state index in [1.807, 2.05) is 48.5 Å². The topological polar surface area (TPSA) is 55.6 Å². The zero-order valence-electron chi connectivity index (χ0n) is 13.5. The van der Waals surface area contributed by atoms with Crippen LogP contribution in [-0.4, -0.2) is 23.4 Å². The first-order chi connectivity index (χ1) is 11.6.